The average Bonchev–Trinajstić information content (AvgIpc) is 3.06. The second-order valence-corrected chi connectivity index (χ2v) is 6.19. The molecule has 0 radical (unpaired) electrons. The molecule has 0 spiro atoms. The molecule has 2 heterocycles. The third-order valence-electron chi connectivity index (χ3n) is 3.89. The minimum Gasteiger partial charge on any atom is -0.487 e. The summed E-state index contributed by atoms with van der Waals surface area (Å²) in [7, 11) is 0. The number of ether oxygens (including phenoxy) is 1. The van der Waals surface area contributed by atoms with Gasteiger partial charge in [-0.3, -0.25) is 0 Å². The topological polar surface area (TPSA) is 63.4 Å². The van der Waals surface area contributed by atoms with E-state index in [4.69, 9.17) is 10.5 Å². The van der Waals surface area contributed by atoms with Crippen LogP contribution in [0.3, 0.4) is 0 Å². The number of nitrogens with zero attached hydrogens (tertiary/aromatic N) is 2. The van der Waals surface area contributed by atoms with E-state index in [1.54, 1.807) is 0 Å². The van der Waals surface area contributed by atoms with Crippen LogP contribution < -0.4 is 15.8 Å². The predicted molar refractivity (Wildman–Crippen MR) is 78.9 cm³/mol. The maximum Gasteiger partial charge on any atom is 0.197 e. The van der Waals surface area contributed by atoms with Gasteiger partial charge in [0.2, 0.25) is 0 Å². The molecule has 1 saturated carbocycles. The van der Waals surface area contributed by atoms with Gasteiger partial charge in [-0.25, -0.2) is 0 Å². The maximum absolute atomic E-state index is 5.81. The van der Waals surface area contributed by atoms with Crippen molar-refractivity contribution in [3.63, 3.8) is 0 Å². The zero-order chi connectivity index (χ0) is 13.2. The SMILES string of the molecule is CCOc1c(N)nsc1NCC1CCN(C2CC2)C1. The van der Waals surface area contributed by atoms with Gasteiger partial charge in [0.05, 0.1) is 6.61 Å². The van der Waals surface area contributed by atoms with Gasteiger partial charge in [0.1, 0.15) is 0 Å². The fourth-order valence-electron chi connectivity index (χ4n) is 2.73. The maximum atomic E-state index is 5.81. The molecule has 1 aliphatic heterocycles. The van der Waals surface area contributed by atoms with Gasteiger partial charge < -0.3 is 20.7 Å². The number of aromatic nitrogens is 1. The molecule has 2 aliphatic rings. The number of nitrogens with two attached hydrogens (primary N) is 1. The minimum absolute atomic E-state index is 0.500. The molecule has 1 aromatic heterocycles. The molecule has 5 nitrogen and oxygen atoms in total. The lowest BCUT2D eigenvalue weighted by Crippen LogP contribution is -2.24. The van der Waals surface area contributed by atoms with E-state index in [9.17, 15) is 0 Å². The van der Waals surface area contributed by atoms with E-state index in [1.807, 2.05) is 6.92 Å². The second kappa shape index (κ2) is 5.54. The fraction of sp³-hybridized carbons (Fsp3) is 0.769. The van der Waals surface area contributed by atoms with Crippen LogP contribution in [0.2, 0.25) is 0 Å². The number of nitrogens with one attached hydrogen (secondary N) is 1. The lowest BCUT2D eigenvalue weighted by Gasteiger charge is -2.15. The number of anilines is 2. The molecule has 0 bridgehead atoms. The first-order valence-electron chi connectivity index (χ1n) is 7.13. The third kappa shape index (κ3) is 2.95. The van der Waals surface area contributed by atoms with Gasteiger partial charge in [0.15, 0.2) is 16.6 Å². The van der Waals surface area contributed by atoms with Gasteiger partial charge >= 0.3 is 0 Å². The molecule has 1 saturated heterocycles. The van der Waals surface area contributed by atoms with Crippen LogP contribution in [0.25, 0.3) is 0 Å². The van der Waals surface area contributed by atoms with Gasteiger partial charge in [-0.2, -0.15) is 4.37 Å². The van der Waals surface area contributed by atoms with Crippen LogP contribution in [0, 0.1) is 5.92 Å². The monoisotopic (exact) mass is 282 g/mol. The Morgan fingerprint density at radius 1 is 1.47 bits per heavy atom. The summed E-state index contributed by atoms with van der Waals surface area (Å²) in [6, 6.07) is 0.892. The fourth-order valence-corrected chi connectivity index (χ4v) is 3.39. The van der Waals surface area contributed by atoms with E-state index in [2.05, 4.69) is 14.6 Å². The third-order valence-corrected chi connectivity index (χ3v) is 4.69. The summed E-state index contributed by atoms with van der Waals surface area (Å²) in [4.78, 5) is 2.64. The van der Waals surface area contributed by atoms with Crippen molar-refractivity contribution in [1.82, 2.24) is 9.27 Å². The first-order valence-corrected chi connectivity index (χ1v) is 7.91. The summed E-state index contributed by atoms with van der Waals surface area (Å²) in [6.07, 6.45) is 4.10. The quantitative estimate of drug-likeness (QED) is 0.836. The Kier molecular flexibility index (Phi) is 3.79. The smallest absolute Gasteiger partial charge is 0.197 e. The van der Waals surface area contributed by atoms with Crippen LogP contribution in [0.5, 0.6) is 5.75 Å². The van der Waals surface area contributed by atoms with E-state index >= 15 is 0 Å². The largest absolute Gasteiger partial charge is 0.487 e. The van der Waals surface area contributed by atoms with Crippen molar-refractivity contribution < 1.29 is 4.74 Å². The number of likely N-dealkylation sites (tertiary alicyclic amines) is 1. The minimum atomic E-state index is 0.500. The van der Waals surface area contributed by atoms with E-state index in [-0.39, 0.29) is 0 Å². The highest BCUT2D eigenvalue weighted by Gasteiger charge is 2.34. The molecule has 106 valence electrons. The molecule has 6 heteroatoms. The van der Waals surface area contributed by atoms with Gasteiger partial charge in [-0.1, -0.05) is 0 Å². The Balaban J connectivity index is 1.51. The van der Waals surface area contributed by atoms with Crippen LogP contribution in [0.4, 0.5) is 10.8 Å². The molecular formula is C13H22N4OS. The molecule has 1 unspecified atom stereocenters. The van der Waals surface area contributed by atoms with E-state index in [1.165, 1.54) is 43.9 Å². The number of hydrogen-bond donors (Lipinski definition) is 2. The van der Waals surface area contributed by atoms with E-state index in [0.29, 0.717) is 12.4 Å². The zero-order valence-electron chi connectivity index (χ0n) is 11.4. The second-order valence-electron chi connectivity index (χ2n) is 5.42. The Hall–Kier alpha value is -1.01. The molecule has 3 N–H and O–H groups in total. The standard InChI is InChI=1S/C13H22N4OS/c1-2-18-11-12(14)16-19-13(11)15-7-9-5-6-17(8-9)10-3-4-10/h9-10,15H,2-8H2,1H3,(H2,14,16). The molecule has 1 aliphatic carbocycles. The van der Waals surface area contributed by atoms with Crippen molar-refractivity contribution in [1.29, 1.82) is 0 Å². The number of rotatable bonds is 6. The average molecular weight is 282 g/mol. The molecule has 1 aromatic rings. The van der Waals surface area contributed by atoms with Crippen LogP contribution >= 0.6 is 11.5 Å². The van der Waals surface area contributed by atoms with Crippen molar-refractivity contribution in [2.75, 3.05) is 37.3 Å². The first kappa shape index (κ1) is 13.0. The van der Waals surface area contributed by atoms with E-state index in [0.717, 1.165) is 29.3 Å². The van der Waals surface area contributed by atoms with Crippen molar-refractivity contribution in [3.8, 4) is 5.75 Å². The molecule has 0 amide bonds. The first-order chi connectivity index (χ1) is 9.28. The highest BCUT2D eigenvalue weighted by Crippen LogP contribution is 2.36. The van der Waals surface area contributed by atoms with Crippen molar-refractivity contribution in [2.45, 2.75) is 32.2 Å². The lowest BCUT2D eigenvalue weighted by molar-refractivity contribution is 0.316. The van der Waals surface area contributed by atoms with E-state index < -0.39 is 0 Å². The number of nitrogen functional groups attached to an aromatic ring is 1. The van der Waals surface area contributed by atoms with Gasteiger partial charge in [-0.05, 0) is 50.2 Å². The normalized spacial score (nSPS) is 23.7. The Bertz CT molecular complexity index is 432. The van der Waals surface area contributed by atoms with Gasteiger partial charge in [0, 0.05) is 19.1 Å². The van der Waals surface area contributed by atoms with Crippen LogP contribution in [0.15, 0.2) is 0 Å². The summed E-state index contributed by atoms with van der Waals surface area (Å²) in [5, 5.41) is 4.44. The summed E-state index contributed by atoms with van der Waals surface area (Å²) in [5.74, 6) is 1.96. The highest BCUT2D eigenvalue weighted by molar-refractivity contribution is 7.11. The predicted octanol–water partition coefficient (Wildman–Crippen LogP) is 2.02. The summed E-state index contributed by atoms with van der Waals surface area (Å²) in [5.41, 5.74) is 5.81. The molecule has 0 aromatic carbocycles. The van der Waals surface area contributed by atoms with Gasteiger partial charge in [-0.15, -0.1) is 0 Å². The zero-order valence-corrected chi connectivity index (χ0v) is 12.2. The molecule has 2 fully saturated rings. The molecule has 3 rings (SSSR count). The Labute approximate surface area is 118 Å². The van der Waals surface area contributed by atoms with Crippen LogP contribution in [0.1, 0.15) is 26.2 Å². The van der Waals surface area contributed by atoms with Crippen molar-refractivity contribution in [3.05, 3.63) is 0 Å². The highest BCUT2D eigenvalue weighted by atomic mass is 32.1. The van der Waals surface area contributed by atoms with Gasteiger partial charge in [0.25, 0.3) is 0 Å². The molecule has 19 heavy (non-hydrogen) atoms. The molecular weight excluding hydrogens is 260 g/mol. The Morgan fingerprint density at radius 3 is 3.05 bits per heavy atom. The van der Waals surface area contributed by atoms with Crippen LogP contribution in [-0.4, -0.2) is 41.6 Å². The lowest BCUT2D eigenvalue weighted by atomic mass is 10.1. The summed E-state index contributed by atoms with van der Waals surface area (Å²) < 4.78 is 9.70. The van der Waals surface area contributed by atoms with Crippen molar-refractivity contribution >= 4 is 22.4 Å². The van der Waals surface area contributed by atoms with Crippen molar-refractivity contribution in [2.24, 2.45) is 5.92 Å². The molecule has 1 atom stereocenters. The summed E-state index contributed by atoms with van der Waals surface area (Å²) in [6.45, 7) is 6.07. The van der Waals surface area contributed by atoms with Crippen LogP contribution in [-0.2, 0) is 0 Å². The Morgan fingerprint density at radius 2 is 2.32 bits per heavy atom. The summed E-state index contributed by atoms with van der Waals surface area (Å²) >= 11 is 1.39. The number of hydrogen-bond acceptors (Lipinski definition) is 6.